The number of sulfonamides is 1. The highest BCUT2D eigenvalue weighted by Crippen LogP contribution is 2.39. The van der Waals surface area contributed by atoms with Gasteiger partial charge in [-0.3, -0.25) is 4.79 Å². The monoisotopic (exact) mass is 478 g/mol. The summed E-state index contributed by atoms with van der Waals surface area (Å²) in [6.45, 7) is 2.81. The van der Waals surface area contributed by atoms with E-state index in [1.54, 1.807) is 18.9 Å². The summed E-state index contributed by atoms with van der Waals surface area (Å²) in [5, 5.41) is 10.5. The van der Waals surface area contributed by atoms with Gasteiger partial charge < -0.3 is 14.7 Å². The Hall–Kier alpha value is -0.900. The molecule has 1 N–H and O–H groups in total. The molecule has 0 spiro atoms. The van der Waals surface area contributed by atoms with E-state index < -0.39 is 28.2 Å². The van der Waals surface area contributed by atoms with Crippen molar-refractivity contribution in [2.75, 3.05) is 26.8 Å². The van der Waals surface area contributed by atoms with Crippen LogP contribution in [0.3, 0.4) is 0 Å². The minimum absolute atomic E-state index is 0.0224. The van der Waals surface area contributed by atoms with Gasteiger partial charge in [0.05, 0.1) is 17.6 Å². The van der Waals surface area contributed by atoms with E-state index in [4.69, 9.17) is 27.9 Å². The molecule has 2 saturated heterocycles. The average Bonchev–Trinajstić information content (AvgIpc) is 2.73. The van der Waals surface area contributed by atoms with Gasteiger partial charge in [-0.05, 0) is 56.7 Å². The summed E-state index contributed by atoms with van der Waals surface area (Å²) in [7, 11) is -2.47. The molecule has 7 nitrogen and oxygen atoms in total. The van der Waals surface area contributed by atoms with E-state index in [0.717, 1.165) is 6.42 Å². The van der Waals surface area contributed by atoms with Gasteiger partial charge in [0.15, 0.2) is 0 Å². The van der Waals surface area contributed by atoms with Crippen LogP contribution in [0.25, 0.3) is 0 Å². The first-order chi connectivity index (χ1) is 14.1. The molecule has 1 aromatic carbocycles. The molecule has 10 heteroatoms. The number of ether oxygens (including phenoxy) is 1. The third-order valence-electron chi connectivity index (χ3n) is 5.83. The molecule has 1 aromatic rings. The van der Waals surface area contributed by atoms with Crippen molar-refractivity contribution in [2.24, 2.45) is 5.92 Å². The normalized spacial score (nSPS) is 26.5. The summed E-state index contributed by atoms with van der Waals surface area (Å²) in [4.78, 5) is 15.0. The summed E-state index contributed by atoms with van der Waals surface area (Å²) in [6, 6.07) is 3.01. The first-order valence-electron chi connectivity index (χ1n) is 10.1. The van der Waals surface area contributed by atoms with Crippen LogP contribution in [0.4, 0.5) is 0 Å². The molecule has 0 saturated carbocycles. The van der Waals surface area contributed by atoms with Crippen LogP contribution in [0, 0.1) is 5.92 Å². The number of rotatable bonds is 7. The summed E-state index contributed by atoms with van der Waals surface area (Å²) in [5.41, 5.74) is 0. The van der Waals surface area contributed by atoms with Crippen LogP contribution in [0.5, 0.6) is 0 Å². The molecule has 2 bridgehead atoms. The fourth-order valence-corrected chi connectivity index (χ4v) is 7.22. The van der Waals surface area contributed by atoms with Gasteiger partial charge in [0.1, 0.15) is 6.04 Å². The number of aliphatic hydroxyl groups excluding tert-OH is 1. The predicted molar refractivity (Wildman–Crippen MR) is 115 cm³/mol. The predicted octanol–water partition coefficient (Wildman–Crippen LogP) is 2.78. The lowest BCUT2D eigenvalue weighted by atomic mass is 9.87. The number of aliphatic hydroxyl groups is 1. The second-order valence-corrected chi connectivity index (χ2v) is 10.8. The zero-order valence-electron chi connectivity index (χ0n) is 17.1. The molecule has 4 atom stereocenters. The van der Waals surface area contributed by atoms with Gasteiger partial charge in [-0.15, -0.1) is 0 Å². The van der Waals surface area contributed by atoms with Gasteiger partial charge in [-0.25, -0.2) is 8.42 Å². The Balaban J connectivity index is 2.08. The molecule has 2 aliphatic rings. The Labute approximate surface area is 187 Å². The molecular weight excluding hydrogens is 451 g/mol. The lowest BCUT2D eigenvalue weighted by Gasteiger charge is -2.41. The van der Waals surface area contributed by atoms with E-state index in [1.807, 2.05) is 0 Å². The quantitative estimate of drug-likeness (QED) is 0.650. The van der Waals surface area contributed by atoms with Crippen LogP contribution < -0.4 is 0 Å². The zero-order valence-corrected chi connectivity index (χ0v) is 19.5. The number of piperidine rings is 1. The van der Waals surface area contributed by atoms with E-state index in [1.165, 1.54) is 22.5 Å². The van der Waals surface area contributed by atoms with Gasteiger partial charge in [0, 0.05) is 36.3 Å². The molecular formula is C20H28Cl2N2O5S. The SMILES string of the molecule is COCCN1C[C@H](C[C@@H](C)O)[C@@H]2CCCC(C1=O)N2S(=O)(=O)c1cc(Cl)cc(Cl)c1. The van der Waals surface area contributed by atoms with Gasteiger partial charge in [0.2, 0.25) is 15.9 Å². The van der Waals surface area contributed by atoms with Crippen molar-refractivity contribution in [1.82, 2.24) is 9.21 Å². The lowest BCUT2D eigenvalue weighted by Crippen LogP contribution is -2.55. The number of nitrogens with zero attached hydrogens (tertiary/aromatic N) is 2. The Morgan fingerprint density at radius 3 is 2.50 bits per heavy atom. The second-order valence-electron chi connectivity index (χ2n) is 8.08. The summed E-state index contributed by atoms with van der Waals surface area (Å²) < 4.78 is 33.9. The topological polar surface area (TPSA) is 87.2 Å². The Kier molecular flexibility index (Phi) is 7.69. The van der Waals surface area contributed by atoms with Crippen LogP contribution in [0.1, 0.15) is 32.6 Å². The van der Waals surface area contributed by atoms with Gasteiger partial charge in [0.25, 0.3) is 0 Å². The minimum atomic E-state index is -4.03. The largest absolute Gasteiger partial charge is 0.393 e. The highest BCUT2D eigenvalue weighted by Gasteiger charge is 2.50. The standard InChI is InChI=1S/C20H28Cl2N2O5S/c1-13(25)8-14-12-23(6-7-29-2)20(26)19-5-3-4-18(14)24(19)30(27,28)17-10-15(21)9-16(22)11-17/h9-11,13-14,18-19,25H,3-8,12H2,1-2H3/t13-,14+,18+,19?/m1/s1. The number of methoxy groups -OCH3 is 1. The van der Waals surface area contributed by atoms with Gasteiger partial charge in [-0.1, -0.05) is 23.2 Å². The zero-order chi connectivity index (χ0) is 22.1. The van der Waals surface area contributed by atoms with Crippen molar-refractivity contribution in [1.29, 1.82) is 0 Å². The van der Waals surface area contributed by atoms with Gasteiger partial charge in [-0.2, -0.15) is 4.31 Å². The minimum Gasteiger partial charge on any atom is -0.393 e. The fourth-order valence-electron chi connectivity index (χ4n) is 4.60. The first-order valence-corrected chi connectivity index (χ1v) is 12.3. The number of hydrogen-bond donors (Lipinski definition) is 1. The van der Waals surface area contributed by atoms with Crippen molar-refractivity contribution >= 4 is 39.1 Å². The van der Waals surface area contributed by atoms with Crippen molar-refractivity contribution in [3.05, 3.63) is 28.2 Å². The summed E-state index contributed by atoms with van der Waals surface area (Å²) in [5.74, 6) is -0.415. The van der Waals surface area contributed by atoms with E-state index in [-0.39, 0.29) is 26.8 Å². The molecule has 168 valence electrons. The van der Waals surface area contributed by atoms with Crippen LogP contribution >= 0.6 is 23.2 Å². The maximum absolute atomic E-state index is 13.7. The Morgan fingerprint density at radius 2 is 1.90 bits per heavy atom. The van der Waals surface area contributed by atoms with E-state index in [2.05, 4.69) is 0 Å². The van der Waals surface area contributed by atoms with Crippen LogP contribution in [-0.2, 0) is 19.6 Å². The number of carbonyl (C=O) groups is 1. The summed E-state index contributed by atoms with van der Waals surface area (Å²) >= 11 is 12.1. The molecule has 1 amide bonds. The van der Waals surface area contributed by atoms with Crippen molar-refractivity contribution in [2.45, 2.75) is 55.7 Å². The molecule has 2 heterocycles. The molecule has 0 aliphatic carbocycles. The van der Waals surface area contributed by atoms with Crippen LogP contribution in [0.15, 0.2) is 23.1 Å². The van der Waals surface area contributed by atoms with E-state index >= 15 is 0 Å². The Morgan fingerprint density at radius 1 is 1.23 bits per heavy atom. The molecule has 0 aromatic heterocycles. The van der Waals surface area contributed by atoms with Crippen LogP contribution in [0.2, 0.25) is 10.0 Å². The Bertz CT molecular complexity index is 860. The highest BCUT2D eigenvalue weighted by molar-refractivity contribution is 7.89. The smallest absolute Gasteiger partial charge is 0.244 e. The molecule has 2 fully saturated rings. The average molecular weight is 479 g/mol. The maximum atomic E-state index is 13.7. The number of hydrogen-bond acceptors (Lipinski definition) is 5. The van der Waals surface area contributed by atoms with E-state index in [0.29, 0.717) is 39.0 Å². The second kappa shape index (κ2) is 9.71. The molecule has 2 aliphatic heterocycles. The molecule has 30 heavy (non-hydrogen) atoms. The van der Waals surface area contributed by atoms with Crippen molar-refractivity contribution in [3.8, 4) is 0 Å². The number of amides is 1. The number of carbonyl (C=O) groups excluding carboxylic acids is 1. The molecule has 1 unspecified atom stereocenters. The third-order valence-corrected chi connectivity index (χ3v) is 8.18. The highest BCUT2D eigenvalue weighted by atomic mass is 35.5. The summed E-state index contributed by atoms with van der Waals surface area (Å²) in [6.07, 6.45) is 1.62. The lowest BCUT2D eigenvalue weighted by molar-refractivity contribution is -0.135. The molecule has 3 rings (SSSR count). The van der Waals surface area contributed by atoms with E-state index in [9.17, 15) is 18.3 Å². The number of halogens is 2. The van der Waals surface area contributed by atoms with Crippen molar-refractivity contribution < 1.29 is 23.1 Å². The van der Waals surface area contributed by atoms with Crippen molar-refractivity contribution in [3.63, 3.8) is 0 Å². The number of fused-ring (bicyclic) bond motifs is 2. The first kappa shape index (κ1) is 23.8. The van der Waals surface area contributed by atoms with Gasteiger partial charge >= 0.3 is 0 Å². The molecule has 0 radical (unpaired) electrons. The van der Waals surface area contributed by atoms with Crippen LogP contribution in [-0.4, -0.2) is 73.6 Å². The number of benzene rings is 1. The third kappa shape index (κ3) is 4.95. The maximum Gasteiger partial charge on any atom is 0.244 e. The fraction of sp³-hybridized carbons (Fsp3) is 0.650.